The van der Waals surface area contributed by atoms with Crippen LogP contribution in [-0.4, -0.2) is 25.7 Å². The molecule has 4 heterocycles. The molecule has 2 atom stereocenters. The van der Waals surface area contributed by atoms with Crippen LogP contribution in [0.15, 0.2) is 59.3 Å². The normalized spacial score (nSPS) is 18.8. The number of nitrogens with one attached hydrogen (secondary N) is 1. The Labute approximate surface area is 161 Å². The van der Waals surface area contributed by atoms with Crippen LogP contribution in [0.5, 0.6) is 0 Å². The third kappa shape index (κ3) is 2.94. The second kappa shape index (κ2) is 6.60. The Bertz CT molecular complexity index is 1150. The van der Waals surface area contributed by atoms with E-state index in [1.807, 2.05) is 29.1 Å². The zero-order valence-corrected chi connectivity index (χ0v) is 15.4. The molecule has 0 saturated heterocycles. The Morgan fingerprint density at radius 1 is 1.25 bits per heavy atom. The van der Waals surface area contributed by atoms with Gasteiger partial charge < -0.3 is 4.42 Å². The molecule has 140 valence electrons. The Balaban J connectivity index is 1.40. The van der Waals surface area contributed by atoms with Gasteiger partial charge >= 0.3 is 0 Å². The maximum absolute atomic E-state index is 12.2. The van der Waals surface area contributed by atoms with Crippen LogP contribution in [0.1, 0.15) is 47.1 Å². The number of hydrogen-bond acceptors (Lipinski definition) is 5. The van der Waals surface area contributed by atoms with E-state index in [0.29, 0.717) is 18.4 Å². The number of aromatic nitrogens is 4. The monoisotopic (exact) mass is 373 g/mol. The Hall–Kier alpha value is -3.48. The van der Waals surface area contributed by atoms with Gasteiger partial charge in [-0.05, 0) is 36.2 Å². The number of benzene rings is 1. The Morgan fingerprint density at radius 2 is 2.14 bits per heavy atom. The highest BCUT2D eigenvalue weighted by molar-refractivity contribution is 6.01. The average molecular weight is 373 g/mol. The summed E-state index contributed by atoms with van der Waals surface area (Å²) >= 11 is 0. The minimum absolute atomic E-state index is 0.229. The molecule has 1 aromatic carbocycles. The van der Waals surface area contributed by atoms with Crippen LogP contribution < -0.4 is 5.32 Å². The summed E-state index contributed by atoms with van der Waals surface area (Å²) in [5.74, 6) is 1.61. The van der Waals surface area contributed by atoms with Crippen LogP contribution in [0.3, 0.4) is 0 Å². The number of amides is 1. The highest BCUT2D eigenvalue weighted by Gasteiger charge is 2.29. The number of anilines is 1. The van der Waals surface area contributed by atoms with Crippen molar-refractivity contribution in [2.45, 2.75) is 31.7 Å². The summed E-state index contributed by atoms with van der Waals surface area (Å²) in [5.41, 5.74) is 2.20. The summed E-state index contributed by atoms with van der Waals surface area (Å²) in [6.07, 6.45) is 4.39. The van der Waals surface area contributed by atoms with E-state index in [4.69, 9.17) is 4.42 Å². The van der Waals surface area contributed by atoms with E-state index < -0.39 is 0 Å². The second-order valence-corrected chi connectivity index (χ2v) is 7.20. The van der Waals surface area contributed by atoms with Gasteiger partial charge in [0.05, 0.1) is 18.3 Å². The molecular weight excluding hydrogens is 354 g/mol. The number of carbonyl (C=O) groups is 1. The molecule has 0 bridgehead atoms. The number of fused-ring (bicyclic) bond motifs is 2. The number of hydrogen-bond donors (Lipinski definition) is 1. The minimum atomic E-state index is -0.351. The van der Waals surface area contributed by atoms with Crippen LogP contribution in [-0.2, 0) is 6.54 Å². The molecule has 5 rings (SSSR count). The summed E-state index contributed by atoms with van der Waals surface area (Å²) in [5, 5.41) is 8.36. The molecule has 0 spiro atoms. The lowest BCUT2D eigenvalue weighted by atomic mass is 9.87. The summed E-state index contributed by atoms with van der Waals surface area (Å²) in [6.45, 7) is 2.85. The lowest BCUT2D eigenvalue weighted by molar-refractivity contribution is 0.0996. The maximum atomic E-state index is 12.2. The van der Waals surface area contributed by atoms with Crippen molar-refractivity contribution in [2.24, 2.45) is 0 Å². The third-order valence-corrected chi connectivity index (χ3v) is 5.23. The van der Waals surface area contributed by atoms with E-state index in [9.17, 15) is 4.79 Å². The number of para-hydroxylation sites is 1. The minimum Gasteiger partial charge on any atom is -0.459 e. The van der Waals surface area contributed by atoms with E-state index in [1.165, 1.54) is 11.8 Å². The molecule has 2 unspecified atom stereocenters. The average Bonchev–Trinajstić information content (AvgIpc) is 3.37. The van der Waals surface area contributed by atoms with Crippen molar-refractivity contribution in [1.29, 1.82) is 0 Å². The van der Waals surface area contributed by atoms with Gasteiger partial charge in [0, 0.05) is 23.4 Å². The van der Waals surface area contributed by atoms with Crippen LogP contribution in [0, 0.1) is 0 Å². The fourth-order valence-electron chi connectivity index (χ4n) is 3.85. The zero-order chi connectivity index (χ0) is 19.1. The van der Waals surface area contributed by atoms with Gasteiger partial charge in [-0.25, -0.2) is 4.68 Å². The van der Waals surface area contributed by atoms with Gasteiger partial charge in [0.25, 0.3) is 5.91 Å². The predicted octanol–water partition coefficient (Wildman–Crippen LogP) is 3.96. The molecule has 7 nitrogen and oxygen atoms in total. The molecule has 0 saturated carbocycles. The van der Waals surface area contributed by atoms with E-state index in [1.54, 1.807) is 12.1 Å². The molecule has 1 N–H and O–H groups in total. The van der Waals surface area contributed by atoms with Gasteiger partial charge in [0.15, 0.2) is 5.76 Å². The fraction of sp³-hybridized carbons (Fsp3) is 0.238. The number of nitrogens with zero attached hydrogens (tertiary/aromatic N) is 4. The van der Waals surface area contributed by atoms with E-state index in [-0.39, 0.29) is 17.6 Å². The molecule has 1 aliphatic heterocycles. The van der Waals surface area contributed by atoms with Crippen molar-refractivity contribution in [3.8, 4) is 0 Å². The van der Waals surface area contributed by atoms with Crippen LogP contribution in [0.25, 0.3) is 10.9 Å². The third-order valence-electron chi connectivity index (χ3n) is 5.23. The molecule has 28 heavy (non-hydrogen) atoms. The van der Waals surface area contributed by atoms with Crippen LogP contribution >= 0.6 is 0 Å². The van der Waals surface area contributed by atoms with Gasteiger partial charge in [-0.3, -0.25) is 15.1 Å². The number of rotatable bonds is 3. The predicted molar refractivity (Wildman–Crippen MR) is 104 cm³/mol. The quantitative estimate of drug-likeness (QED) is 0.587. The van der Waals surface area contributed by atoms with Crippen LogP contribution in [0.2, 0.25) is 0 Å². The van der Waals surface area contributed by atoms with Crippen LogP contribution in [0.4, 0.5) is 5.95 Å². The van der Waals surface area contributed by atoms with Gasteiger partial charge in [-0.15, -0.1) is 5.10 Å². The van der Waals surface area contributed by atoms with E-state index in [0.717, 1.165) is 23.1 Å². The first-order valence-corrected chi connectivity index (χ1v) is 9.31. The van der Waals surface area contributed by atoms with Gasteiger partial charge in [0.2, 0.25) is 5.95 Å². The highest BCUT2D eigenvalue weighted by atomic mass is 16.3. The summed E-state index contributed by atoms with van der Waals surface area (Å²) in [7, 11) is 0. The zero-order valence-electron chi connectivity index (χ0n) is 15.4. The topological polar surface area (TPSA) is 85.8 Å². The van der Waals surface area contributed by atoms with Crippen molar-refractivity contribution in [1.82, 2.24) is 19.7 Å². The number of carbonyl (C=O) groups excluding carboxylic acids is 1. The van der Waals surface area contributed by atoms with Crippen molar-refractivity contribution >= 4 is 22.8 Å². The van der Waals surface area contributed by atoms with E-state index in [2.05, 4.69) is 39.4 Å². The Morgan fingerprint density at radius 3 is 3.00 bits per heavy atom. The summed E-state index contributed by atoms with van der Waals surface area (Å²) < 4.78 is 7.01. The SMILES string of the molecule is CC1CC(c2cnc3ccccc3c2)Cn2nc(NC(=O)c3ccco3)nc21. The molecule has 1 aliphatic rings. The smallest absolute Gasteiger partial charge is 0.293 e. The molecule has 1 amide bonds. The van der Waals surface area contributed by atoms with E-state index >= 15 is 0 Å². The maximum Gasteiger partial charge on any atom is 0.293 e. The summed E-state index contributed by atoms with van der Waals surface area (Å²) in [4.78, 5) is 21.3. The van der Waals surface area contributed by atoms with Crippen molar-refractivity contribution in [3.63, 3.8) is 0 Å². The van der Waals surface area contributed by atoms with Crippen molar-refractivity contribution in [2.75, 3.05) is 5.32 Å². The van der Waals surface area contributed by atoms with Crippen molar-refractivity contribution < 1.29 is 9.21 Å². The molecule has 0 radical (unpaired) electrons. The molecule has 0 fully saturated rings. The molecule has 3 aromatic heterocycles. The summed E-state index contributed by atoms with van der Waals surface area (Å²) in [6, 6.07) is 13.6. The first kappa shape index (κ1) is 16.7. The molecular formula is C21H19N5O2. The first-order chi connectivity index (χ1) is 13.7. The lowest BCUT2D eigenvalue weighted by Gasteiger charge is -2.27. The number of pyridine rings is 1. The largest absolute Gasteiger partial charge is 0.459 e. The van der Waals surface area contributed by atoms with Gasteiger partial charge in [-0.2, -0.15) is 4.98 Å². The molecule has 4 aromatic rings. The first-order valence-electron chi connectivity index (χ1n) is 9.31. The van der Waals surface area contributed by atoms with Crippen molar-refractivity contribution in [3.05, 3.63) is 72.1 Å². The lowest BCUT2D eigenvalue weighted by Crippen LogP contribution is -2.22. The molecule has 7 heteroatoms. The molecule has 0 aliphatic carbocycles. The van der Waals surface area contributed by atoms with Gasteiger partial charge in [-0.1, -0.05) is 25.1 Å². The highest BCUT2D eigenvalue weighted by Crippen LogP contribution is 2.36. The number of furan rings is 1. The fourth-order valence-corrected chi connectivity index (χ4v) is 3.85. The second-order valence-electron chi connectivity index (χ2n) is 7.20. The standard InChI is InChI=1S/C21H19N5O2/c1-13-9-16(15-10-14-5-2-3-6-17(14)22-11-15)12-26-19(13)23-21(25-26)24-20(27)18-7-4-8-28-18/h2-8,10-11,13,16H,9,12H2,1H3,(H,24,25,27). The van der Waals surface area contributed by atoms with Gasteiger partial charge in [0.1, 0.15) is 5.82 Å². The Kier molecular flexibility index (Phi) is 3.93.